The van der Waals surface area contributed by atoms with Crippen molar-refractivity contribution < 1.29 is 9.59 Å². The number of nitrogens with one attached hydrogen (secondary N) is 3. The summed E-state index contributed by atoms with van der Waals surface area (Å²) in [5.41, 5.74) is 10.1. The first-order valence-corrected chi connectivity index (χ1v) is 6.86. The highest BCUT2D eigenvalue weighted by atomic mass is 16.2. The number of urea groups is 1. The highest BCUT2D eigenvalue weighted by Gasteiger charge is 2.17. The minimum absolute atomic E-state index is 0.131. The molecule has 2 saturated heterocycles. The molecule has 0 aliphatic carbocycles. The van der Waals surface area contributed by atoms with Gasteiger partial charge < -0.3 is 27.4 Å². The van der Waals surface area contributed by atoms with Crippen LogP contribution in [-0.4, -0.2) is 44.2 Å². The van der Waals surface area contributed by atoms with E-state index in [-0.39, 0.29) is 11.8 Å². The highest BCUT2D eigenvalue weighted by molar-refractivity contribution is 5.76. The van der Waals surface area contributed by atoms with Crippen molar-refractivity contribution in [3.63, 3.8) is 0 Å². The largest absolute Gasteiger partial charge is 0.369 e. The molecule has 110 valence electrons. The van der Waals surface area contributed by atoms with E-state index in [1.165, 1.54) is 0 Å². The summed E-state index contributed by atoms with van der Waals surface area (Å²) in [5, 5.41) is 9.04. The van der Waals surface area contributed by atoms with Crippen molar-refractivity contribution in [3.8, 4) is 0 Å². The lowest BCUT2D eigenvalue weighted by Gasteiger charge is -2.22. The van der Waals surface area contributed by atoms with Crippen LogP contribution in [0.3, 0.4) is 0 Å². The number of carbonyl (C=O) groups excluding carboxylic acids is 2. The SMILES string of the molecule is NC(=O)C1CCNCC1.NC(=O)NC1CCNCC1. The molecule has 7 heteroatoms. The van der Waals surface area contributed by atoms with Crippen molar-refractivity contribution >= 4 is 11.9 Å². The summed E-state index contributed by atoms with van der Waals surface area (Å²) in [6, 6.07) is -0.120. The first kappa shape index (κ1) is 15.7. The third kappa shape index (κ3) is 6.97. The molecule has 2 aliphatic heterocycles. The molecule has 2 aliphatic rings. The van der Waals surface area contributed by atoms with E-state index >= 15 is 0 Å². The van der Waals surface area contributed by atoms with Crippen molar-refractivity contribution in [1.82, 2.24) is 16.0 Å². The molecule has 0 unspecified atom stereocenters. The van der Waals surface area contributed by atoms with Crippen molar-refractivity contribution in [2.45, 2.75) is 31.7 Å². The summed E-state index contributed by atoms with van der Waals surface area (Å²) in [5.74, 6) is -0.0113. The van der Waals surface area contributed by atoms with E-state index in [0.29, 0.717) is 6.04 Å². The normalized spacial score (nSPS) is 21.1. The fourth-order valence-corrected chi connectivity index (χ4v) is 2.27. The Balaban J connectivity index is 0.000000191. The van der Waals surface area contributed by atoms with Crippen LogP contribution in [0.25, 0.3) is 0 Å². The third-order valence-electron chi connectivity index (χ3n) is 3.43. The second-order valence-corrected chi connectivity index (χ2v) is 4.96. The number of carbonyl (C=O) groups is 2. The average molecular weight is 271 g/mol. The zero-order valence-electron chi connectivity index (χ0n) is 11.3. The van der Waals surface area contributed by atoms with E-state index in [9.17, 15) is 9.59 Å². The van der Waals surface area contributed by atoms with Gasteiger partial charge in [0.15, 0.2) is 0 Å². The predicted molar refractivity (Wildman–Crippen MR) is 73.4 cm³/mol. The second-order valence-electron chi connectivity index (χ2n) is 4.96. The average Bonchev–Trinajstić information content (AvgIpc) is 2.41. The third-order valence-corrected chi connectivity index (χ3v) is 3.43. The molecule has 0 aromatic heterocycles. The maximum Gasteiger partial charge on any atom is 0.312 e. The van der Waals surface area contributed by atoms with E-state index in [1.807, 2.05) is 0 Å². The van der Waals surface area contributed by atoms with E-state index in [0.717, 1.165) is 51.9 Å². The summed E-state index contributed by atoms with van der Waals surface area (Å²) >= 11 is 0. The number of piperidine rings is 2. The van der Waals surface area contributed by atoms with Crippen LogP contribution in [0.15, 0.2) is 0 Å². The highest BCUT2D eigenvalue weighted by Crippen LogP contribution is 2.09. The fraction of sp³-hybridized carbons (Fsp3) is 0.833. The first-order chi connectivity index (χ1) is 9.09. The molecule has 0 spiro atoms. The van der Waals surface area contributed by atoms with Gasteiger partial charge in [0, 0.05) is 12.0 Å². The quantitative estimate of drug-likeness (QED) is 0.436. The molecular formula is C12H25N5O2. The van der Waals surface area contributed by atoms with Crippen LogP contribution in [0.1, 0.15) is 25.7 Å². The molecule has 7 nitrogen and oxygen atoms in total. The van der Waals surface area contributed by atoms with Gasteiger partial charge in [0.2, 0.25) is 5.91 Å². The Bertz CT molecular complexity index is 286. The molecule has 3 amide bonds. The molecule has 2 fully saturated rings. The van der Waals surface area contributed by atoms with Gasteiger partial charge in [-0.25, -0.2) is 4.79 Å². The van der Waals surface area contributed by atoms with Gasteiger partial charge in [-0.1, -0.05) is 0 Å². The van der Waals surface area contributed by atoms with Crippen LogP contribution < -0.4 is 27.4 Å². The Morgan fingerprint density at radius 3 is 1.74 bits per heavy atom. The number of rotatable bonds is 2. The zero-order chi connectivity index (χ0) is 14.1. The lowest BCUT2D eigenvalue weighted by molar-refractivity contribution is -0.122. The molecule has 0 bridgehead atoms. The molecular weight excluding hydrogens is 246 g/mol. The van der Waals surface area contributed by atoms with Gasteiger partial charge in [-0.2, -0.15) is 0 Å². The Morgan fingerprint density at radius 1 is 0.895 bits per heavy atom. The number of amides is 3. The van der Waals surface area contributed by atoms with Crippen LogP contribution in [0.5, 0.6) is 0 Å². The monoisotopic (exact) mass is 271 g/mol. The minimum atomic E-state index is -0.410. The Morgan fingerprint density at radius 2 is 1.37 bits per heavy atom. The maximum atomic E-state index is 10.5. The van der Waals surface area contributed by atoms with Crippen LogP contribution in [0.4, 0.5) is 4.79 Å². The Kier molecular flexibility index (Phi) is 7.20. The molecule has 0 atom stereocenters. The molecule has 0 aromatic rings. The van der Waals surface area contributed by atoms with Gasteiger partial charge in [0.25, 0.3) is 0 Å². The van der Waals surface area contributed by atoms with E-state index < -0.39 is 6.03 Å². The van der Waals surface area contributed by atoms with Crippen molar-refractivity contribution in [2.24, 2.45) is 17.4 Å². The fourth-order valence-electron chi connectivity index (χ4n) is 2.27. The maximum absolute atomic E-state index is 10.5. The summed E-state index contributed by atoms with van der Waals surface area (Å²) < 4.78 is 0. The van der Waals surface area contributed by atoms with Gasteiger partial charge in [0.05, 0.1) is 0 Å². The number of primary amides is 2. The smallest absolute Gasteiger partial charge is 0.312 e. The molecule has 19 heavy (non-hydrogen) atoms. The minimum Gasteiger partial charge on any atom is -0.369 e. The second kappa shape index (κ2) is 8.71. The zero-order valence-corrected chi connectivity index (χ0v) is 11.3. The van der Waals surface area contributed by atoms with Crippen LogP contribution in [0, 0.1) is 5.92 Å². The number of nitrogens with two attached hydrogens (primary N) is 2. The van der Waals surface area contributed by atoms with Crippen molar-refractivity contribution in [2.75, 3.05) is 26.2 Å². The van der Waals surface area contributed by atoms with E-state index in [4.69, 9.17) is 11.5 Å². The first-order valence-electron chi connectivity index (χ1n) is 6.86. The Labute approximate surface area is 113 Å². The van der Waals surface area contributed by atoms with Gasteiger partial charge in [-0.15, -0.1) is 0 Å². The van der Waals surface area contributed by atoms with Crippen LogP contribution in [0.2, 0.25) is 0 Å². The molecule has 0 radical (unpaired) electrons. The molecule has 0 aromatic carbocycles. The van der Waals surface area contributed by atoms with Gasteiger partial charge in [-0.05, 0) is 51.9 Å². The van der Waals surface area contributed by atoms with E-state index in [1.54, 1.807) is 0 Å². The summed E-state index contributed by atoms with van der Waals surface area (Å²) in [6.45, 7) is 3.83. The van der Waals surface area contributed by atoms with Gasteiger partial charge in [0.1, 0.15) is 0 Å². The topological polar surface area (TPSA) is 122 Å². The number of hydrogen-bond acceptors (Lipinski definition) is 4. The summed E-state index contributed by atoms with van der Waals surface area (Å²) in [4.78, 5) is 20.9. The van der Waals surface area contributed by atoms with Crippen LogP contribution in [-0.2, 0) is 4.79 Å². The van der Waals surface area contributed by atoms with Crippen LogP contribution >= 0.6 is 0 Å². The number of hydrogen-bond donors (Lipinski definition) is 5. The summed E-state index contributed by atoms with van der Waals surface area (Å²) in [7, 11) is 0. The van der Waals surface area contributed by atoms with Crippen molar-refractivity contribution in [3.05, 3.63) is 0 Å². The van der Waals surface area contributed by atoms with Gasteiger partial charge >= 0.3 is 6.03 Å². The molecule has 2 rings (SSSR count). The van der Waals surface area contributed by atoms with Gasteiger partial charge in [-0.3, -0.25) is 4.79 Å². The predicted octanol–water partition coefficient (Wildman–Crippen LogP) is -1.12. The molecule has 2 heterocycles. The molecule has 0 saturated carbocycles. The lowest BCUT2D eigenvalue weighted by atomic mass is 9.98. The summed E-state index contributed by atoms with van der Waals surface area (Å²) in [6.07, 6.45) is 3.80. The van der Waals surface area contributed by atoms with Crippen molar-refractivity contribution in [1.29, 1.82) is 0 Å². The van der Waals surface area contributed by atoms with E-state index in [2.05, 4.69) is 16.0 Å². The standard InChI is InChI=1S/C6H13N3O.C6H12N2O/c7-6(10)9-5-1-3-8-4-2-5;7-6(9)5-1-3-8-4-2-5/h5,8H,1-4H2,(H3,7,9,10);5,8H,1-4H2,(H2,7,9). The lowest BCUT2D eigenvalue weighted by Crippen LogP contribution is -2.44. The Hall–Kier alpha value is -1.34. The molecule has 7 N–H and O–H groups in total.